The molecular formula is C25H39NO8. The predicted molar refractivity (Wildman–Crippen MR) is 126 cm³/mol. The van der Waals surface area contributed by atoms with Crippen molar-refractivity contribution < 1.29 is 38.1 Å². The Hall–Kier alpha value is -2.84. The Labute approximate surface area is 202 Å². The van der Waals surface area contributed by atoms with Crippen LogP contribution in [-0.2, 0) is 33.3 Å². The van der Waals surface area contributed by atoms with E-state index in [2.05, 4.69) is 39.2 Å². The van der Waals surface area contributed by atoms with Crippen LogP contribution < -0.4 is 5.32 Å². The molecule has 1 aliphatic carbocycles. The van der Waals surface area contributed by atoms with Crippen LogP contribution >= 0.6 is 0 Å². The number of amides is 1. The van der Waals surface area contributed by atoms with Gasteiger partial charge in [-0.05, 0) is 50.4 Å². The minimum atomic E-state index is -0.569. The fourth-order valence-corrected chi connectivity index (χ4v) is 4.42. The second-order valence-electron chi connectivity index (χ2n) is 10.1. The first-order valence-electron chi connectivity index (χ1n) is 11.5. The normalized spacial score (nSPS) is 21.0. The van der Waals surface area contributed by atoms with Gasteiger partial charge in [-0.1, -0.05) is 33.9 Å². The molecule has 1 rings (SSSR count). The minimum absolute atomic E-state index is 0.00222. The van der Waals surface area contributed by atoms with Crippen LogP contribution in [0.15, 0.2) is 24.3 Å². The van der Waals surface area contributed by atoms with E-state index in [9.17, 15) is 19.2 Å². The molecule has 0 saturated heterocycles. The van der Waals surface area contributed by atoms with Crippen molar-refractivity contribution in [3.05, 3.63) is 24.3 Å². The lowest BCUT2D eigenvalue weighted by molar-refractivity contribution is -0.150. The molecule has 2 atom stereocenters. The SMILES string of the molecule is C=C(C)C(=O)OCCOC(=O)CCC1(C)CC(NC(=O)OCCOC(=O)C(=C)C)CC(C)(C)C1. The summed E-state index contributed by atoms with van der Waals surface area (Å²) in [5, 5.41) is 2.90. The maximum absolute atomic E-state index is 12.2. The molecule has 1 fully saturated rings. The molecule has 2 unspecified atom stereocenters. The number of hydrogen-bond acceptors (Lipinski definition) is 8. The van der Waals surface area contributed by atoms with Crippen molar-refractivity contribution in [2.75, 3.05) is 26.4 Å². The summed E-state index contributed by atoms with van der Waals surface area (Å²) in [6.45, 7) is 16.3. The van der Waals surface area contributed by atoms with Crippen LogP contribution in [0, 0.1) is 10.8 Å². The van der Waals surface area contributed by atoms with Crippen LogP contribution in [0.2, 0.25) is 0 Å². The third kappa shape index (κ3) is 11.3. The highest BCUT2D eigenvalue weighted by atomic mass is 16.6. The summed E-state index contributed by atoms with van der Waals surface area (Å²) in [6.07, 6.45) is 2.63. The second kappa shape index (κ2) is 13.2. The van der Waals surface area contributed by atoms with E-state index in [0.717, 1.165) is 12.8 Å². The zero-order valence-electron chi connectivity index (χ0n) is 21.1. The van der Waals surface area contributed by atoms with Gasteiger partial charge in [0.1, 0.15) is 26.4 Å². The molecule has 0 aromatic heterocycles. The van der Waals surface area contributed by atoms with Gasteiger partial charge in [0.05, 0.1) is 0 Å². The van der Waals surface area contributed by atoms with Gasteiger partial charge in [0.15, 0.2) is 0 Å². The van der Waals surface area contributed by atoms with E-state index in [1.807, 2.05) is 0 Å². The number of nitrogens with one attached hydrogen (secondary N) is 1. The third-order valence-electron chi connectivity index (χ3n) is 5.52. The first-order chi connectivity index (χ1) is 15.7. The number of carbonyl (C=O) groups excluding carboxylic acids is 4. The molecule has 0 aromatic carbocycles. The van der Waals surface area contributed by atoms with Gasteiger partial charge >= 0.3 is 24.0 Å². The molecular weight excluding hydrogens is 442 g/mol. The van der Waals surface area contributed by atoms with E-state index in [-0.39, 0.29) is 66.8 Å². The Morgan fingerprint density at radius 2 is 1.32 bits per heavy atom. The smallest absolute Gasteiger partial charge is 0.407 e. The average molecular weight is 482 g/mol. The molecule has 0 aliphatic heterocycles. The average Bonchev–Trinajstić information content (AvgIpc) is 2.70. The molecule has 1 amide bonds. The molecule has 1 aliphatic rings. The number of hydrogen-bond donors (Lipinski definition) is 1. The molecule has 192 valence electrons. The lowest BCUT2D eigenvalue weighted by atomic mass is 9.61. The summed E-state index contributed by atoms with van der Waals surface area (Å²) >= 11 is 0. The predicted octanol–water partition coefficient (Wildman–Crippen LogP) is 3.86. The van der Waals surface area contributed by atoms with E-state index >= 15 is 0 Å². The largest absolute Gasteiger partial charge is 0.462 e. The van der Waals surface area contributed by atoms with Crippen molar-refractivity contribution in [3.63, 3.8) is 0 Å². The third-order valence-corrected chi connectivity index (χ3v) is 5.52. The van der Waals surface area contributed by atoms with E-state index in [1.165, 1.54) is 0 Å². The second-order valence-corrected chi connectivity index (χ2v) is 10.1. The first-order valence-corrected chi connectivity index (χ1v) is 11.5. The summed E-state index contributed by atoms with van der Waals surface area (Å²) in [4.78, 5) is 47.0. The van der Waals surface area contributed by atoms with Crippen molar-refractivity contribution >= 4 is 24.0 Å². The van der Waals surface area contributed by atoms with E-state index in [4.69, 9.17) is 18.9 Å². The van der Waals surface area contributed by atoms with Gasteiger partial charge in [-0.2, -0.15) is 0 Å². The first kappa shape index (κ1) is 29.2. The number of esters is 3. The minimum Gasteiger partial charge on any atom is -0.462 e. The topological polar surface area (TPSA) is 117 Å². The van der Waals surface area contributed by atoms with Gasteiger partial charge in [-0.3, -0.25) is 4.79 Å². The molecule has 1 N–H and O–H groups in total. The zero-order valence-corrected chi connectivity index (χ0v) is 21.1. The van der Waals surface area contributed by atoms with Crippen LogP contribution in [0.1, 0.15) is 66.7 Å². The van der Waals surface area contributed by atoms with Crippen LogP contribution in [-0.4, -0.2) is 56.5 Å². The van der Waals surface area contributed by atoms with Gasteiger partial charge in [-0.15, -0.1) is 0 Å². The molecule has 1 saturated carbocycles. The molecule has 0 aromatic rings. The summed E-state index contributed by atoms with van der Waals surface area (Å²) < 4.78 is 20.1. The van der Waals surface area contributed by atoms with Crippen LogP contribution in [0.25, 0.3) is 0 Å². The summed E-state index contributed by atoms with van der Waals surface area (Å²) in [7, 11) is 0. The number of rotatable bonds is 12. The maximum atomic E-state index is 12.2. The summed E-state index contributed by atoms with van der Waals surface area (Å²) in [5.41, 5.74) is 0.353. The Kier molecular flexibility index (Phi) is 11.3. The van der Waals surface area contributed by atoms with Crippen molar-refractivity contribution in [1.82, 2.24) is 5.32 Å². The number of ether oxygens (including phenoxy) is 4. The Morgan fingerprint density at radius 1 is 0.824 bits per heavy atom. The molecule has 0 spiro atoms. The van der Waals surface area contributed by atoms with Crippen LogP contribution in [0.3, 0.4) is 0 Å². The molecule has 9 nitrogen and oxygen atoms in total. The highest BCUT2D eigenvalue weighted by Crippen LogP contribution is 2.48. The quantitative estimate of drug-likeness (QED) is 0.193. The monoisotopic (exact) mass is 481 g/mol. The van der Waals surface area contributed by atoms with Crippen molar-refractivity contribution in [3.8, 4) is 0 Å². The van der Waals surface area contributed by atoms with Crippen LogP contribution in [0.5, 0.6) is 0 Å². The van der Waals surface area contributed by atoms with Crippen molar-refractivity contribution in [2.24, 2.45) is 10.8 Å². The van der Waals surface area contributed by atoms with Crippen LogP contribution in [0.4, 0.5) is 4.79 Å². The molecule has 34 heavy (non-hydrogen) atoms. The van der Waals surface area contributed by atoms with Gasteiger partial charge in [0, 0.05) is 23.6 Å². The molecule has 0 heterocycles. The lowest BCUT2D eigenvalue weighted by Gasteiger charge is -2.46. The van der Waals surface area contributed by atoms with E-state index < -0.39 is 18.0 Å². The Bertz CT molecular complexity index is 788. The number of carbonyl (C=O) groups is 4. The van der Waals surface area contributed by atoms with Crippen molar-refractivity contribution in [1.29, 1.82) is 0 Å². The number of alkyl carbamates (subject to hydrolysis) is 1. The van der Waals surface area contributed by atoms with Gasteiger partial charge in [0.2, 0.25) is 0 Å². The van der Waals surface area contributed by atoms with E-state index in [1.54, 1.807) is 13.8 Å². The van der Waals surface area contributed by atoms with Gasteiger partial charge in [-0.25, -0.2) is 14.4 Å². The van der Waals surface area contributed by atoms with E-state index in [0.29, 0.717) is 12.8 Å². The highest BCUT2D eigenvalue weighted by molar-refractivity contribution is 5.87. The highest BCUT2D eigenvalue weighted by Gasteiger charge is 2.42. The zero-order chi connectivity index (χ0) is 25.9. The Balaban J connectivity index is 2.45. The summed E-state index contributed by atoms with van der Waals surface area (Å²) in [5.74, 6) is -1.40. The molecule has 0 bridgehead atoms. The van der Waals surface area contributed by atoms with Crippen molar-refractivity contribution in [2.45, 2.75) is 72.8 Å². The molecule has 0 radical (unpaired) electrons. The maximum Gasteiger partial charge on any atom is 0.407 e. The van der Waals surface area contributed by atoms with Gasteiger partial charge < -0.3 is 24.3 Å². The fraction of sp³-hybridized carbons (Fsp3) is 0.680. The molecule has 9 heteroatoms. The Morgan fingerprint density at radius 3 is 1.85 bits per heavy atom. The fourth-order valence-electron chi connectivity index (χ4n) is 4.42. The standard InChI is InChI=1S/C25H39NO8/c1-17(2)21(28)32-11-10-31-20(27)8-9-25(7)15-19(14-24(5,6)16-25)26-23(30)34-13-12-33-22(29)18(3)4/h19H,1,3,8-16H2,2,4-7H3,(H,26,30). The van der Waals surface area contributed by atoms with Gasteiger partial charge in [0.25, 0.3) is 0 Å². The summed E-state index contributed by atoms with van der Waals surface area (Å²) in [6, 6.07) is -0.114. The lowest BCUT2D eigenvalue weighted by Crippen LogP contribution is -2.47.